The third-order valence-electron chi connectivity index (χ3n) is 2.08. The minimum atomic E-state index is -0.233. The van der Waals surface area contributed by atoms with Crippen LogP contribution in [0.2, 0.25) is 0 Å². The highest BCUT2D eigenvalue weighted by atomic mass is 16.2. The summed E-state index contributed by atoms with van der Waals surface area (Å²) < 4.78 is 0. The molecule has 1 aliphatic rings. The number of fused-ring (bicyclic) bond motifs is 1. The van der Waals surface area contributed by atoms with Crippen molar-refractivity contribution in [3.8, 4) is 0 Å². The summed E-state index contributed by atoms with van der Waals surface area (Å²) in [6.07, 6.45) is 0. The molecule has 0 aromatic heterocycles. The fourth-order valence-corrected chi connectivity index (χ4v) is 1.44. The van der Waals surface area contributed by atoms with E-state index in [-0.39, 0.29) is 11.8 Å². The number of carbonyl (C=O) groups is 2. The minimum absolute atomic E-state index is 0.233. The molecule has 1 aromatic rings. The molecule has 1 aromatic carbocycles. The van der Waals surface area contributed by atoms with Gasteiger partial charge in [0.2, 0.25) is 11.8 Å². The summed E-state index contributed by atoms with van der Waals surface area (Å²) in [4.78, 5) is 24.2. The zero-order valence-corrected chi connectivity index (χ0v) is 7.15. The summed E-state index contributed by atoms with van der Waals surface area (Å²) in [5.41, 5.74) is 0.983. The predicted molar refractivity (Wildman–Crippen MR) is 46.9 cm³/mol. The van der Waals surface area contributed by atoms with Gasteiger partial charge in [-0.2, -0.15) is 6.92 Å². The number of amides is 2. The summed E-state index contributed by atoms with van der Waals surface area (Å²) in [6, 6.07) is 6.84. The Kier molecular flexibility index (Phi) is 1.65. The van der Waals surface area contributed by atoms with Gasteiger partial charge in [0.05, 0.1) is 0 Å². The lowest BCUT2D eigenvalue weighted by atomic mass is 10.1. The van der Waals surface area contributed by atoms with Gasteiger partial charge in [-0.15, -0.1) is 0 Å². The molecule has 0 N–H and O–H groups in total. The van der Waals surface area contributed by atoms with Crippen molar-refractivity contribution in [3.05, 3.63) is 41.9 Å². The molecule has 0 radical (unpaired) electrons. The number of hydrogen-bond donors (Lipinski definition) is 0. The lowest BCUT2D eigenvalue weighted by molar-refractivity contribution is 0.0698. The quantitative estimate of drug-likeness (QED) is 0.477. The molecule has 66 valence electrons. The van der Waals surface area contributed by atoms with Crippen LogP contribution in [0.25, 0.3) is 0 Å². The van der Waals surface area contributed by atoms with Gasteiger partial charge in [0.1, 0.15) is 0 Å². The summed E-state index contributed by atoms with van der Waals surface area (Å²) >= 11 is 0. The molecule has 1 heterocycles. The minimum Gasteiger partial charge on any atom is -0.427 e. The Morgan fingerprint density at radius 3 is 1.92 bits per heavy atom. The molecule has 0 bridgehead atoms. The summed E-state index contributed by atoms with van der Waals surface area (Å²) in [6.45, 7) is 3.16. The molecule has 2 amide bonds. The number of benzene rings is 1. The van der Waals surface area contributed by atoms with E-state index in [2.05, 4.69) is 0 Å². The Bertz CT molecular complexity index is 349. The van der Waals surface area contributed by atoms with Gasteiger partial charge >= 0.3 is 0 Å². The van der Waals surface area contributed by atoms with Crippen molar-refractivity contribution in [2.24, 2.45) is 0 Å². The van der Waals surface area contributed by atoms with Crippen molar-refractivity contribution in [2.45, 2.75) is 6.92 Å². The molecule has 3 nitrogen and oxygen atoms in total. The molecule has 0 unspecified atom stereocenters. The highest BCUT2D eigenvalue weighted by Gasteiger charge is 2.28. The van der Waals surface area contributed by atoms with E-state index in [1.807, 2.05) is 0 Å². The van der Waals surface area contributed by atoms with Gasteiger partial charge in [-0.25, -0.2) is 6.54 Å². The number of nitrogens with zero attached hydrogens (tertiary/aromatic N) is 1. The Morgan fingerprint density at radius 1 is 1.08 bits per heavy atom. The molecule has 0 saturated carbocycles. The van der Waals surface area contributed by atoms with Gasteiger partial charge in [-0.05, 0) is 12.1 Å². The van der Waals surface area contributed by atoms with Gasteiger partial charge in [0.25, 0.3) is 0 Å². The highest BCUT2D eigenvalue weighted by Crippen LogP contribution is 2.22. The van der Waals surface area contributed by atoms with E-state index >= 15 is 0 Å². The molecule has 0 saturated heterocycles. The lowest BCUT2D eigenvalue weighted by Crippen LogP contribution is -2.25. The average Bonchev–Trinajstić information content (AvgIpc) is 2.41. The average molecular weight is 174 g/mol. The number of rotatable bonds is 1. The summed E-state index contributed by atoms with van der Waals surface area (Å²) in [5.74, 6) is -0.466. The molecule has 0 spiro atoms. The second-order valence-corrected chi connectivity index (χ2v) is 2.78. The maximum Gasteiger partial charge on any atom is 0.232 e. The topological polar surface area (TPSA) is 37.4 Å². The van der Waals surface area contributed by atoms with Crippen LogP contribution in [0.4, 0.5) is 0 Å². The van der Waals surface area contributed by atoms with E-state index in [0.717, 1.165) is 4.90 Å². The highest BCUT2D eigenvalue weighted by molar-refractivity contribution is 6.21. The third-order valence-corrected chi connectivity index (χ3v) is 2.08. The van der Waals surface area contributed by atoms with Crippen LogP contribution >= 0.6 is 0 Å². The van der Waals surface area contributed by atoms with Crippen molar-refractivity contribution in [1.82, 2.24) is 4.90 Å². The van der Waals surface area contributed by atoms with Crippen LogP contribution in [0, 0.1) is 6.54 Å². The summed E-state index contributed by atoms with van der Waals surface area (Å²) in [7, 11) is 0. The van der Waals surface area contributed by atoms with Crippen molar-refractivity contribution in [2.75, 3.05) is 0 Å². The van der Waals surface area contributed by atoms with Crippen LogP contribution in [0.15, 0.2) is 24.3 Å². The fourth-order valence-electron chi connectivity index (χ4n) is 1.44. The first-order valence-corrected chi connectivity index (χ1v) is 4.02. The third kappa shape index (κ3) is 0.967. The maximum absolute atomic E-state index is 11.5. The molecule has 1 aliphatic heterocycles. The van der Waals surface area contributed by atoms with Crippen LogP contribution in [-0.2, 0) is 0 Å². The first-order valence-electron chi connectivity index (χ1n) is 4.02. The molecule has 3 heteroatoms. The van der Waals surface area contributed by atoms with Gasteiger partial charge in [-0.3, -0.25) is 9.59 Å². The first-order chi connectivity index (χ1) is 6.25. The van der Waals surface area contributed by atoms with Crippen molar-refractivity contribution < 1.29 is 9.59 Å². The van der Waals surface area contributed by atoms with E-state index in [1.54, 1.807) is 31.2 Å². The van der Waals surface area contributed by atoms with Gasteiger partial charge in [-0.1, -0.05) is 12.1 Å². The SMILES string of the molecule is C[CH-]N1C(=O)c2ccccc2C1=O. The van der Waals surface area contributed by atoms with E-state index in [1.165, 1.54) is 6.54 Å². The van der Waals surface area contributed by atoms with Gasteiger partial charge in [0, 0.05) is 11.1 Å². The van der Waals surface area contributed by atoms with Crippen LogP contribution in [-0.4, -0.2) is 16.7 Å². The monoisotopic (exact) mass is 174 g/mol. The first kappa shape index (κ1) is 7.98. The van der Waals surface area contributed by atoms with Gasteiger partial charge < -0.3 is 4.90 Å². The zero-order valence-electron chi connectivity index (χ0n) is 7.15. The number of carbonyl (C=O) groups excluding carboxylic acids is 2. The number of hydrogen-bond acceptors (Lipinski definition) is 2. The Hall–Kier alpha value is -1.64. The number of imide groups is 1. The van der Waals surface area contributed by atoms with Crippen LogP contribution in [0.3, 0.4) is 0 Å². The second kappa shape index (κ2) is 2.69. The predicted octanol–water partition coefficient (Wildman–Crippen LogP) is 1.46. The summed E-state index contributed by atoms with van der Waals surface area (Å²) in [5, 5.41) is 0. The maximum atomic E-state index is 11.5. The largest absolute Gasteiger partial charge is 0.427 e. The Labute approximate surface area is 76.0 Å². The Morgan fingerprint density at radius 2 is 1.54 bits per heavy atom. The molecule has 2 rings (SSSR count). The smallest absolute Gasteiger partial charge is 0.232 e. The standard InChI is InChI=1S/C10H8NO2/c1-2-11-9(12)7-5-3-4-6-8(7)10(11)13/h2-6H,1H3/q-1. The van der Waals surface area contributed by atoms with E-state index < -0.39 is 0 Å². The fraction of sp³-hybridized carbons (Fsp3) is 0.100. The van der Waals surface area contributed by atoms with E-state index in [9.17, 15) is 9.59 Å². The Balaban J connectivity index is 2.57. The molecule has 0 atom stereocenters. The van der Waals surface area contributed by atoms with E-state index in [4.69, 9.17) is 0 Å². The molecular weight excluding hydrogens is 166 g/mol. The molecule has 0 fully saturated rings. The van der Waals surface area contributed by atoms with Crippen molar-refractivity contribution >= 4 is 11.8 Å². The lowest BCUT2D eigenvalue weighted by Gasteiger charge is -2.20. The second-order valence-electron chi connectivity index (χ2n) is 2.78. The molecule has 13 heavy (non-hydrogen) atoms. The van der Waals surface area contributed by atoms with Crippen molar-refractivity contribution in [3.63, 3.8) is 0 Å². The van der Waals surface area contributed by atoms with Crippen LogP contribution in [0.5, 0.6) is 0 Å². The van der Waals surface area contributed by atoms with Crippen LogP contribution in [0.1, 0.15) is 27.6 Å². The van der Waals surface area contributed by atoms with Crippen molar-refractivity contribution in [1.29, 1.82) is 0 Å². The van der Waals surface area contributed by atoms with E-state index in [0.29, 0.717) is 11.1 Å². The van der Waals surface area contributed by atoms with Crippen LogP contribution < -0.4 is 0 Å². The van der Waals surface area contributed by atoms with Gasteiger partial charge in [0.15, 0.2) is 0 Å². The normalized spacial score (nSPS) is 15.0. The molecular formula is C10H8NO2-. The molecule has 0 aliphatic carbocycles. The zero-order chi connectivity index (χ0) is 9.42.